The minimum Gasteiger partial charge on any atom is -0.366 e. The number of amides is 1. The number of aromatic nitrogens is 2. The third-order valence-electron chi connectivity index (χ3n) is 7.10. The molecule has 38 heavy (non-hydrogen) atoms. The third kappa shape index (κ3) is 4.21. The third-order valence-corrected chi connectivity index (χ3v) is 8.51. The summed E-state index contributed by atoms with van der Waals surface area (Å²) in [7, 11) is 0. The van der Waals surface area contributed by atoms with Crippen LogP contribution in [0.1, 0.15) is 5.56 Å². The standard InChI is InChI=1S/C29H25FN4O2S2/c1-19-10-12-20(13-11-19)26-27-33(28(36)21-6-2-4-8-23(21)34(27)29(37)38-26)18-25(35)32-16-14-31(15-17-32)24-9-5-3-7-22(24)30/h2-13H,14-18H2,1H3. The first-order chi connectivity index (χ1) is 18.4. The van der Waals surface area contributed by atoms with E-state index in [2.05, 4.69) is 0 Å². The number of para-hydroxylation sites is 2. The van der Waals surface area contributed by atoms with Crippen molar-refractivity contribution in [3.63, 3.8) is 0 Å². The van der Waals surface area contributed by atoms with Crippen LogP contribution < -0.4 is 10.5 Å². The molecule has 1 fully saturated rings. The highest BCUT2D eigenvalue weighted by Crippen LogP contribution is 2.33. The van der Waals surface area contributed by atoms with Crippen LogP contribution in [0.3, 0.4) is 0 Å². The Labute approximate surface area is 227 Å². The zero-order chi connectivity index (χ0) is 26.4. The number of halogens is 1. The number of carbonyl (C=O) groups is 1. The molecule has 0 bridgehead atoms. The van der Waals surface area contributed by atoms with Crippen molar-refractivity contribution >= 4 is 51.7 Å². The van der Waals surface area contributed by atoms with Crippen molar-refractivity contribution in [3.05, 3.63) is 98.5 Å². The topological polar surface area (TPSA) is 50.0 Å². The second kappa shape index (κ2) is 9.81. The lowest BCUT2D eigenvalue weighted by molar-refractivity contribution is -0.132. The van der Waals surface area contributed by atoms with E-state index in [0.29, 0.717) is 46.9 Å². The molecular weight excluding hydrogens is 519 g/mol. The summed E-state index contributed by atoms with van der Waals surface area (Å²) in [5, 5.41) is 0.515. The number of thiazole rings is 1. The van der Waals surface area contributed by atoms with Crippen molar-refractivity contribution in [1.29, 1.82) is 0 Å². The van der Waals surface area contributed by atoms with Gasteiger partial charge in [-0.25, -0.2) is 4.39 Å². The Kier molecular flexibility index (Phi) is 6.33. The van der Waals surface area contributed by atoms with Gasteiger partial charge in [-0.1, -0.05) is 54.1 Å². The Morgan fingerprint density at radius 3 is 2.37 bits per heavy atom. The average Bonchev–Trinajstić information content (AvgIpc) is 3.28. The maximum Gasteiger partial charge on any atom is 0.262 e. The summed E-state index contributed by atoms with van der Waals surface area (Å²) in [4.78, 5) is 31.9. The fraction of sp³-hybridized carbons (Fsp3) is 0.207. The Balaban J connectivity index is 1.39. The van der Waals surface area contributed by atoms with Gasteiger partial charge in [-0.3, -0.25) is 18.6 Å². The lowest BCUT2D eigenvalue weighted by Crippen LogP contribution is -2.50. The van der Waals surface area contributed by atoms with Crippen molar-refractivity contribution in [2.75, 3.05) is 31.1 Å². The van der Waals surface area contributed by atoms with Crippen molar-refractivity contribution < 1.29 is 9.18 Å². The van der Waals surface area contributed by atoms with Crippen LogP contribution in [0.2, 0.25) is 0 Å². The van der Waals surface area contributed by atoms with E-state index in [-0.39, 0.29) is 23.8 Å². The summed E-state index contributed by atoms with van der Waals surface area (Å²) >= 11 is 7.21. The van der Waals surface area contributed by atoms with Crippen molar-refractivity contribution in [2.24, 2.45) is 0 Å². The lowest BCUT2D eigenvalue weighted by Gasteiger charge is -2.36. The summed E-state index contributed by atoms with van der Waals surface area (Å²) in [6.45, 7) is 3.87. The maximum atomic E-state index is 14.3. The number of carbonyl (C=O) groups excluding carboxylic acids is 1. The molecule has 1 amide bonds. The second-order valence-electron chi connectivity index (χ2n) is 9.45. The number of piperazine rings is 1. The monoisotopic (exact) mass is 544 g/mol. The SMILES string of the molecule is Cc1ccc(-c2sc(=S)n3c4ccccc4c(=O)n(CC(=O)N4CCN(c5ccccc5F)CC4)c23)cc1. The minimum absolute atomic E-state index is 0.1000. The number of benzene rings is 3. The Bertz CT molecular complexity index is 1800. The van der Waals surface area contributed by atoms with Gasteiger partial charge in [0.2, 0.25) is 5.91 Å². The maximum absolute atomic E-state index is 14.3. The van der Waals surface area contributed by atoms with Gasteiger partial charge in [0, 0.05) is 26.2 Å². The van der Waals surface area contributed by atoms with Crippen LogP contribution in [0.15, 0.2) is 77.6 Å². The molecule has 0 spiro atoms. The predicted molar refractivity (Wildman–Crippen MR) is 153 cm³/mol. The van der Waals surface area contributed by atoms with Crippen LogP contribution >= 0.6 is 23.6 Å². The molecule has 3 heterocycles. The van der Waals surface area contributed by atoms with E-state index in [0.717, 1.165) is 21.5 Å². The molecule has 9 heteroatoms. The van der Waals surface area contributed by atoms with Gasteiger partial charge < -0.3 is 9.80 Å². The fourth-order valence-electron chi connectivity index (χ4n) is 5.09. The van der Waals surface area contributed by atoms with E-state index in [9.17, 15) is 14.0 Å². The highest BCUT2D eigenvalue weighted by atomic mass is 32.1. The van der Waals surface area contributed by atoms with Gasteiger partial charge in [-0.05, 0) is 49.0 Å². The Morgan fingerprint density at radius 2 is 1.63 bits per heavy atom. The molecular formula is C29H25FN4O2S2. The van der Waals surface area contributed by atoms with Gasteiger partial charge in [-0.15, -0.1) is 11.3 Å². The van der Waals surface area contributed by atoms with Crippen LogP contribution in [0.4, 0.5) is 10.1 Å². The van der Waals surface area contributed by atoms with Gasteiger partial charge in [-0.2, -0.15) is 0 Å². The van der Waals surface area contributed by atoms with Gasteiger partial charge in [0.1, 0.15) is 18.0 Å². The molecule has 6 nitrogen and oxygen atoms in total. The summed E-state index contributed by atoms with van der Waals surface area (Å²) < 4.78 is 18.4. The van der Waals surface area contributed by atoms with Crippen LogP contribution in [0.5, 0.6) is 0 Å². The van der Waals surface area contributed by atoms with Gasteiger partial charge in [0.25, 0.3) is 5.56 Å². The highest BCUT2D eigenvalue weighted by molar-refractivity contribution is 7.73. The molecule has 6 rings (SSSR count). The minimum atomic E-state index is -0.268. The molecule has 2 aromatic heterocycles. The molecule has 0 N–H and O–H groups in total. The van der Waals surface area contributed by atoms with Crippen LogP contribution in [0.25, 0.3) is 27.0 Å². The number of rotatable bonds is 4. The normalized spacial score (nSPS) is 13.9. The van der Waals surface area contributed by atoms with Gasteiger partial charge >= 0.3 is 0 Å². The number of fused-ring (bicyclic) bond motifs is 3. The molecule has 0 saturated carbocycles. The lowest BCUT2D eigenvalue weighted by atomic mass is 10.1. The summed E-state index contributed by atoms with van der Waals surface area (Å²) in [6.07, 6.45) is 0. The first kappa shape index (κ1) is 24.5. The van der Waals surface area contributed by atoms with Gasteiger partial charge in [0.15, 0.2) is 3.95 Å². The molecule has 5 aromatic rings. The van der Waals surface area contributed by atoms with E-state index >= 15 is 0 Å². The summed E-state index contributed by atoms with van der Waals surface area (Å²) in [5.74, 6) is -0.417. The van der Waals surface area contributed by atoms with E-state index in [1.807, 2.05) is 64.8 Å². The van der Waals surface area contributed by atoms with Gasteiger partial charge in [0.05, 0.1) is 21.5 Å². The summed E-state index contributed by atoms with van der Waals surface area (Å²) in [6, 6.07) is 22.1. The first-order valence-electron chi connectivity index (χ1n) is 12.4. The van der Waals surface area contributed by atoms with E-state index in [4.69, 9.17) is 12.2 Å². The molecule has 1 aliphatic rings. The predicted octanol–water partition coefficient (Wildman–Crippen LogP) is 5.51. The highest BCUT2D eigenvalue weighted by Gasteiger charge is 2.25. The van der Waals surface area contributed by atoms with E-state index < -0.39 is 0 Å². The average molecular weight is 545 g/mol. The fourth-order valence-corrected chi connectivity index (χ4v) is 6.53. The quantitative estimate of drug-likeness (QED) is 0.280. The molecule has 0 unspecified atom stereocenters. The Hall–Kier alpha value is -3.82. The molecule has 1 aliphatic heterocycles. The molecule has 0 aliphatic carbocycles. The zero-order valence-electron chi connectivity index (χ0n) is 20.8. The van der Waals surface area contributed by atoms with Crippen molar-refractivity contribution in [1.82, 2.24) is 13.9 Å². The number of anilines is 1. The van der Waals surface area contributed by atoms with Crippen LogP contribution in [-0.2, 0) is 11.3 Å². The number of hydrogen-bond donors (Lipinski definition) is 0. The van der Waals surface area contributed by atoms with E-state index in [1.165, 1.54) is 17.4 Å². The molecule has 0 radical (unpaired) electrons. The molecule has 192 valence electrons. The molecule has 3 aromatic carbocycles. The smallest absolute Gasteiger partial charge is 0.262 e. The van der Waals surface area contributed by atoms with Crippen LogP contribution in [0, 0.1) is 16.7 Å². The number of hydrogen-bond acceptors (Lipinski definition) is 5. The Morgan fingerprint density at radius 1 is 0.947 bits per heavy atom. The van der Waals surface area contributed by atoms with E-state index in [1.54, 1.807) is 27.7 Å². The number of aryl methyl sites for hydroxylation is 1. The number of nitrogens with zero attached hydrogens (tertiary/aromatic N) is 4. The van der Waals surface area contributed by atoms with Crippen LogP contribution in [-0.4, -0.2) is 46.0 Å². The molecule has 1 saturated heterocycles. The van der Waals surface area contributed by atoms with Crippen molar-refractivity contribution in [3.8, 4) is 10.4 Å². The first-order valence-corrected chi connectivity index (χ1v) is 13.7. The summed E-state index contributed by atoms with van der Waals surface area (Å²) in [5.41, 5.74) is 3.76. The molecule has 0 atom stereocenters. The zero-order valence-corrected chi connectivity index (χ0v) is 22.4. The van der Waals surface area contributed by atoms with Crippen molar-refractivity contribution in [2.45, 2.75) is 13.5 Å². The largest absolute Gasteiger partial charge is 0.366 e. The second-order valence-corrected chi connectivity index (χ2v) is 11.1.